The van der Waals surface area contributed by atoms with Crippen molar-refractivity contribution in [2.24, 2.45) is 0 Å². The van der Waals surface area contributed by atoms with E-state index in [1.54, 1.807) is 18.2 Å². The molecule has 0 aliphatic rings. The molecule has 0 atom stereocenters. The molecule has 0 spiro atoms. The molecule has 0 aromatic heterocycles. The number of aromatic carboxylic acids is 1. The van der Waals surface area contributed by atoms with Gasteiger partial charge in [-0.25, -0.2) is 13.2 Å². The Bertz CT molecular complexity index is 806. The summed E-state index contributed by atoms with van der Waals surface area (Å²) in [6, 6.07) is 10.5. The summed E-state index contributed by atoms with van der Waals surface area (Å²) < 4.78 is 28.1. The average molecular weight is 435 g/mol. The Labute approximate surface area is 138 Å². The van der Waals surface area contributed by atoms with Gasteiger partial charge in [-0.3, -0.25) is 4.72 Å². The lowest BCUT2D eigenvalue weighted by atomic mass is 10.2. The highest BCUT2D eigenvalue weighted by molar-refractivity contribution is 9.11. The van der Waals surface area contributed by atoms with E-state index in [0.717, 1.165) is 0 Å². The molecule has 0 bridgehead atoms. The summed E-state index contributed by atoms with van der Waals surface area (Å²) in [4.78, 5) is 11.1. The molecule has 0 aliphatic heterocycles. The highest BCUT2D eigenvalue weighted by Gasteiger charge is 2.20. The van der Waals surface area contributed by atoms with Crippen LogP contribution in [0.1, 0.15) is 10.4 Å². The van der Waals surface area contributed by atoms with Crippen molar-refractivity contribution in [3.63, 3.8) is 0 Å². The third-order valence-corrected chi connectivity index (χ3v) is 5.44. The van der Waals surface area contributed by atoms with Gasteiger partial charge in [0.05, 0.1) is 11.3 Å². The second-order valence-corrected chi connectivity index (χ2v) is 7.45. The maximum Gasteiger partial charge on any atom is 0.337 e. The van der Waals surface area contributed by atoms with E-state index >= 15 is 0 Å². The monoisotopic (exact) mass is 433 g/mol. The van der Waals surface area contributed by atoms with Crippen LogP contribution in [0.5, 0.6) is 0 Å². The molecule has 0 saturated heterocycles. The van der Waals surface area contributed by atoms with Crippen LogP contribution in [0.2, 0.25) is 0 Å². The van der Waals surface area contributed by atoms with Crippen molar-refractivity contribution in [1.82, 2.24) is 0 Å². The molecule has 21 heavy (non-hydrogen) atoms. The molecule has 2 N–H and O–H groups in total. The van der Waals surface area contributed by atoms with Gasteiger partial charge < -0.3 is 5.11 Å². The Morgan fingerprint density at radius 3 is 2.43 bits per heavy atom. The van der Waals surface area contributed by atoms with E-state index in [2.05, 4.69) is 36.6 Å². The van der Waals surface area contributed by atoms with Crippen LogP contribution >= 0.6 is 31.9 Å². The third kappa shape index (κ3) is 3.63. The zero-order chi connectivity index (χ0) is 15.6. The molecule has 5 nitrogen and oxygen atoms in total. The van der Waals surface area contributed by atoms with Crippen LogP contribution in [-0.2, 0) is 10.0 Å². The number of para-hydroxylation sites is 1. The molecule has 0 fully saturated rings. The fraction of sp³-hybridized carbons (Fsp3) is 0. The number of hydrogen-bond acceptors (Lipinski definition) is 3. The Morgan fingerprint density at radius 2 is 1.76 bits per heavy atom. The van der Waals surface area contributed by atoms with Crippen LogP contribution in [0.25, 0.3) is 0 Å². The number of nitrogens with one attached hydrogen (secondary N) is 1. The van der Waals surface area contributed by atoms with E-state index in [4.69, 9.17) is 5.11 Å². The number of carboxylic acids is 1. The first kappa shape index (κ1) is 16.0. The van der Waals surface area contributed by atoms with Crippen molar-refractivity contribution in [3.05, 3.63) is 57.0 Å². The first-order valence-electron chi connectivity index (χ1n) is 5.61. The summed E-state index contributed by atoms with van der Waals surface area (Å²) in [7, 11) is -3.91. The van der Waals surface area contributed by atoms with Crippen LogP contribution in [-0.4, -0.2) is 19.5 Å². The Kier molecular flexibility index (Phi) is 4.70. The zero-order valence-corrected chi connectivity index (χ0v) is 14.4. The molecular weight excluding hydrogens is 426 g/mol. The summed E-state index contributed by atoms with van der Waals surface area (Å²) in [5, 5.41) is 9.08. The van der Waals surface area contributed by atoms with E-state index < -0.39 is 16.0 Å². The summed E-state index contributed by atoms with van der Waals surface area (Å²) in [6.07, 6.45) is 0. The largest absolute Gasteiger partial charge is 0.478 e. The minimum absolute atomic E-state index is 0.0110. The van der Waals surface area contributed by atoms with Gasteiger partial charge in [-0.15, -0.1) is 0 Å². The van der Waals surface area contributed by atoms with Crippen molar-refractivity contribution in [2.75, 3.05) is 4.72 Å². The quantitative estimate of drug-likeness (QED) is 0.768. The standard InChI is InChI=1S/C13H9Br2NO4S/c14-8-5-6-10(15)12(7-8)21(19,20)16-11-4-2-1-3-9(11)13(17)18/h1-7,16H,(H,17,18). The average Bonchev–Trinajstić information content (AvgIpc) is 2.41. The lowest BCUT2D eigenvalue weighted by Crippen LogP contribution is -2.16. The number of carboxylic acid groups (broad SMARTS) is 1. The highest BCUT2D eigenvalue weighted by Crippen LogP contribution is 2.28. The highest BCUT2D eigenvalue weighted by atomic mass is 79.9. The number of sulfonamides is 1. The SMILES string of the molecule is O=C(O)c1ccccc1NS(=O)(=O)c1cc(Br)ccc1Br. The summed E-state index contributed by atoms with van der Waals surface area (Å²) >= 11 is 6.38. The summed E-state index contributed by atoms with van der Waals surface area (Å²) in [5.74, 6) is -1.21. The van der Waals surface area contributed by atoms with E-state index in [0.29, 0.717) is 8.95 Å². The topological polar surface area (TPSA) is 83.5 Å². The smallest absolute Gasteiger partial charge is 0.337 e. The van der Waals surface area contributed by atoms with Crippen molar-refractivity contribution in [2.45, 2.75) is 4.90 Å². The van der Waals surface area contributed by atoms with E-state index in [-0.39, 0.29) is 16.1 Å². The molecule has 0 amide bonds. The van der Waals surface area contributed by atoms with Crippen molar-refractivity contribution in [3.8, 4) is 0 Å². The van der Waals surface area contributed by atoms with Gasteiger partial charge in [-0.2, -0.15) is 0 Å². The molecule has 110 valence electrons. The molecule has 8 heteroatoms. The van der Waals surface area contributed by atoms with Gasteiger partial charge in [0.1, 0.15) is 4.90 Å². The molecule has 0 heterocycles. The predicted molar refractivity (Wildman–Crippen MR) is 86.1 cm³/mol. The third-order valence-electron chi connectivity index (χ3n) is 2.58. The zero-order valence-electron chi connectivity index (χ0n) is 10.4. The lowest BCUT2D eigenvalue weighted by molar-refractivity contribution is 0.0698. The van der Waals surface area contributed by atoms with Crippen LogP contribution < -0.4 is 4.72 Å². The van der Waals surface area contributed by atoms with Crippen molar-refractivity contribution in [1.29, 1.82) is 0 Å². The second kappa shape index (κ2) is 6.17. The molecule has 0 aliphatic carbocycles. The van der Waals surface area contributed by atoms with Crippen LogP contribution in [0.15, 0.2) is 56.3 Å². The normalized spacial score (nSPS) is 11.1. The van der Waals surface area contributed by atoms with Gasteiger partial charge in [0.15, 0.2) is 0 Å². The van der Waals surface area contributed by atoms with E-state index in [1.165, 1.54) is 24.3 Å². The van der Waals surface area contributed by atoms with Crippen LogP contribution in [0.3, 0.4) is 0 Å². The van der Waals surface area contributed by atoms with Gasteiger partial charge in [-0.1, -0.05) is 28.1 Å². The summed E-state index contributed by atoms with van der Waals surface area (Å²) in [5.41, 5.74) is -0.107. The second-order valence-electron chi connectivity index (χ2n) is 4.03. The van der Waals surface area contributed by atoms with Crippen molar-refractivity contribution >= 4 is 53.5 Å². The Morgan fingerprint density at radius 1 is 1.10 bits per heavy atom. The first-order chi connectivity index (χ1) is 9.81. The summed E-state index contributed by atoms with van der Waals surface area (Å²) in [6.45, 7) is 0. The fourth-order valence-corrected chi connectivity index (χ4v) is 4.22. The Balaban J connectivity index is 2.48. The molecule has 2 aromatic rings. The number of carbonyl (C=O) groups is 1. The molecule has 0 saturated carbocycles. The number of anilines is 1. The van der Waals surface area contributed by atoms with Gasteiger partial charge >= 0.3 is 5.97 Å². The van der Waals surface area contributed by atoms with Crippen LogP contribution in [0.4, 0.5) is 5.69 Å². The van der Waals surface area contributed by atoms with Crippen LogP contribution in [0, 0.1) is 0 Å². The lowest BCUT2D eigenvalue weighted by Gasteiger charge is -2.12. The maximum atomic E-state index is 12.4. The van der Waals surface area contributed by atoms with E-state index in [9.17, 15) is 13.2 Å². The first-order valence-corrected chi connectivity index (χ1v) is 8.68. The minimum atomic E-state index is -3.91. The number of halogens is 2. The maximum absolute atomic E-state index is 12.4. The number of rotatable bonds is 4. The number of hydrogen-bond donors (Lipinski definition) is 2. The van der Waals surface area contributed by atoms with Crippen molar-refractivity contribution < 1.29 is 18.3 Å². The van der Waals surface area contributed by atoms with E-state index in [1.807, 2.05) is 0 Å². The fourth-order valence-electron chi connectivity index (χ4n) is 1.64. The Hall–Kier alpha value is -1.38. The molecule has 2 aromatic carbocycles. The van der Waals surface area contributed by atoms with Gasteiger partial charge in [0.25, 0.3) is 10.0 Å². The molecule has 0 unspecified atom stereocenters. The predicted octanol–water partition coefficient (Wildman–Crippen LogP) is 3.71. The minimum Gasteiger partial charge on any atom is -0.478 e. The molecule has 2 rings (SSSR count). The van der Waals surface area contributed by atoms with Gasteiger partial charge in [-0.05, 0) is 46.3 Å². The molecular formula is C13H9Br2NO4S. The van der Waals surface area contributed by atoms with Gasteiger partial charge in [0, 0.05) is 8.95 Å². The number of benzene rings is 2. The molecule has 0 radical (unpaired) electrons. The van der Waals surface area contributed by atoms with Gasteiger partial charge in [0.2, 0.25) is 0 Å².